The van der Waals surface area contributed by atoms with Gasteiger partial charge < -0.3 is 15.3 Å². The first kappa shape index (κ1) is 14.8. The van der Waals surface area contributed by atoms with Crippen molar-refractivity contribution in [2.24, 2.45) is 11.8 Å². The summed E-state index contributed by atoms with van der Waals surface area (Å²) in [6, 6.07) is 0.0193. The number of urea groups is 1. The van der Waals surface area contributed by atoms with Gasteiger partial charge in [0.2, 0.25) is 0 Å². The van der Waals surface area contributed by atoms with Crippen molar-refractivity contribution < 1.29 is 14.7 Å². The number of amides is 2. The maximum atomic E-state index is 12.0. The third kappa shape index (κ3) is 3.89. The molecule has 0 aromatic carbocycles. The molecular weight excluding hydrogens is 232 g/mol. The lowest BCUT2D eigenvalue weighted by Crippen LogP contribution is -2.43. The Kier molecular flexibility index (Phi) is 5.44. The summed E-state index contributed by atoms with van der Waals surface area (Å²) in [6.45, 7) is 6.84. The van der Waals surface area contributed by atoms with Crippen LogP contribution in [0.1, 0.15) is 40.0 Å². The predicted molar refractivity (Wildman–Crippen MR) is 69.4 cm³/mol. The molecule has 0 bridgehead atoms. The summed E-state index contributed by atoms with van der Waals surface area (Å²) < 4.78 is 0. The SMILES string of the molecule is CCCCC(C)NC(=O)N1C[C@@H](C)[C@H](C(=O)O)C1. The molecule has 1 unspecified atom stereocenters. The molecule has 1 heterocycles. The summed E-state index contributed by atoms with van der Waals surface area (Å²) in [5.41, 5.74) is 0. The summed E-state index contributed by atoms with van der Waals surface area (Å²) in [7, 11) is 0. The average Bonchev–Trinajstić information content (AvgIpc) is 2.68. The number of aliphatic carboxylic acids is 1. The van der Waals surface area contributed by atoms with E-state index in [4.69, 9.17) is 5.11 Å². The minimum absolute atomic E-state index is 0.0270. The molecule has 0 aromatic heterocycles. The molecule has 2 N–H and O–H groups in total. The third-order valence-corrected chi connectivity index (χ3v) is 3.58. The first-order valence-electron chi connectivity index (χ1n) is 6.74. The number of unbranched alkanes of at least 4 members (excludes halogenated alkanes) is 1. The van der Waals surface area contributed by atoms with E-state index < -0.39 is 11.9 Å². The second-order valence-electron chi connectivity index (χ2n) is 5.32. The second-order valence-corrected chi connectivity index (χ2v) is 5.32. The molecule has 1 saturated heterocycles. The number of nitrogens with one attached hydrogen (secondary N) is 1. The van der Waals surface area contributed by atoms with E-state index in [1.807, 2.05) is 13.8 Å². The third-order valence-electron chi connectivity index (χ3n) is 3.58. The van der Waals surface area contributed by atoms with Crippen molar-refractivity contribution in [3.05, 3.63) is 0 Å². The van der Waals surface area contributed by atoms with Crippen LogP contribution in [0.4, 0.5) is 4.79 Å². The van der Waals surface area contributed by atoms with Crippen molar-refractivity contribution in [2.75, 3.05) is 13.1 Å². The molecule has 1 rings (SSSR count). The molecule has 0 radical (unpaired) electrons. The Morgan fingerprint density at radius 2 is 2.11 bits per heavy atom. The number of carbonyl (C=O) groups is 2. The molecule has 0 saturated carbocycles. The molecular formula is C13H24N2O3. The smallest absolute Gasteiger partial charge is 0.317 e. The molecule has 1 aliphatic rings. The Balaban J connectivity index is 2.42. The van der Waals surface area contributed by atoms with Crippen LogP contribution in [0.5, 0.6) is 0 Å². The number of hydrogen-bond acceptors (Lipinski definition) is 2. The zero-order chi connectivity index (χ0) is 13.7. The summed E-state index contributed by atoms with van der Waals surface area (Å²) in [5.74, 6) is -1.21. The largest absolute Gasteiger partial charge is 0.481 e. The molecule has 1 fully saturated rings. The molecule has 18 heavy (non-hydrogen) atoms. The van der Waals surface area contributed by atoms with E-state index >= 15 is 0 Å². The lowest BCUT2D eigenvalue weighted by molar-refractivity contribution is -0.142. The molecule has 5 heteroatoms. The highest BCUT2D eigenvalue weighted by Gasteiger charge is 2.37. The van der Waals surface area contributed by atoms with E-state index in [1.54, 1.807) is 4.90 Å². The Labute approximate surface area is 109 Å². The van der Waals surface area contributed by atoms with Crippen molar-refractivity contribution in [1.29, 1.82) is 0 Å². The first-order chi connectivity index (χ1) is 8.45. The van der Waals surface area contributed by atoms with Crippen molar-refractivity contribution in [1.82, 2.24) is 10.2 Å². The lowest BCUT2D eigenvalue weighted by Gasteiger charge is -2.20. The highest BCUT2D eigenvalue weighted by Crippen LogP contribution is 2.23. The zero-order valence-electron chi connectivity index (χ0n) is 11.5. The molecule has 3 atom stereocenters. The molecule has 0 spiro atoms. The summed E-state index contributed by atoms with van der Waals surface area (Å²) in [6.07, 6.45) is 3.17. The predicted octanol–water partition coefficient (Wildman–Crippen LogP) is 1.93. The van der Waals surface area contributed by atoms with Gasteiger partial charge in [0.25, 0.3) is 0 Å². The van der Waals surface area contributed by atoms with Crippen LogP contribution in [0.2, 0.25) is 0 Å². The maximum Gasteiger partial charge on any atom is 0.317 e. The van der Waals surface area contributed by atoms with Crippen LogP contribution in [0.15, 0.2) is 0 Å². The summed E-state index contributed by atoms with van der Waals surface area (Å²) >= 11 is 0. The number of likely N-dealkylation sites (tertiary alicyclic amines) is 1. The molecule has 1 aliphatic heterocycles. The lowest BCUT2D eigenvalue weighted by atomic mass is 9.99. The quantitative estimate of drug-likeness (QED) is 0.789. The van der Waals surface area contributed by atoms with Gasteiger partial charge in [-0.2, -0.15) is 0 Å². The Bertz CT molecular complexity index is 307. The Hall–Kier alpha value is -1.26. The monoisotopic (exact) mass is 256 g/mol. The standard InChI is InChI=1S/C13H24N2O3/c1-4-5-6-10(3)14-13(18)15-7-9(2)11(8-15)12(16)17/h9-11H,4-8H2,1-3H3,(H,14,18)(H,16,17)/t9-,10?,11-/m1/s1. The fourth-order valence-corrected chi connectivity index (χ4v) is 2.34. The zero-order valence-corrected chi connectivity index (χ0v) is 11.5. The summed E-state index contributed by atoms with van der Waals surface area (Å²) in [4.78, 5) is 24.6. The Morgan fingerprint density at radius 1 is 1.44 bits per heavy atom. The van der Waals surface area contributed by atoms with Gasteiger partial charge in [-0.1, -0.05) is 26.7 Å². The van der Waals surface area contributed by atoms with Crippen LogP contribution in [0, 0.1) is 11.8 Å². The van der Waals surface area contributed by atoms with Gasteiger partial charge in [-0.05, 0) is 19.3 Å². The van der Waals surface area contributed by atoms with Gasteiger partial charge in [0.15, 0.2) is 0 Å². The normalized spacial score (nSPS) is 24.9. The fourth-order valence-electron chi connectivity index (χ4n) is 2.34. The molecule has 104 valence electrons. The van der Waals surface area contributed by atoms with Crippen LogP contribution < -0.4 is 5.32 Å². The van der Waals surface area contributed by atoms with Gasteiger partial charge >= 0.3 is 12.0 Å². The maximum absolute atomic E-state index is 12.0. The van der Waals surface area contributed by atoms with Crippen LogP contribution in [0.25, 0.3) is 0 Å². The highest BCUT2D eigenvalue weighted by atomic mass is 16.4. The van der Waals surface area contributed by atoms with E-state index in [1.165, 1.54) is 0 Å². The van der Waals surface area contributed by atoms with E-state index in [0.717, 1.165) is 19.3 Å². The van der Waals surface area contributed by atoms with Crippen LogP contribution in [0.3, 0.4) is 0 Å². The molecule has 2 amide bonds. The highest BCUT2D eigenvalue weighted by molar-refractivity contribution is 5.77. The van der Waals surface area contributed by atoms with Crippen molar-refractivity contribution >= 4 is 12.0 Å². The van der Waals surface area contributed by atoms with Crippen molar-refractivity contribution in [2.45, 2.75) is 46.1 Å². The van der Waals surface area contributed by atoms with E-state index in [2.05, 4.69) is 12.2 Å². The van der Waals surface area contributed by atoms with E-state index in [-0.39, 0.29) is 18.0 Å². The Morgan fingerprint density at radius 3 is 2.61 bits per heavy atom. The average molecular weight is 256 g/mol. The van der Waals surface area contributed by atoms with E-state index in [0.29, 0.717) is 13.1 Å². The van der Waals surface area contributed by atoms with Gasteiger partial charge in [0.05, 0.1) is 5.92 Å². The van der Waals surface area contributed by atoms with Crippen LogP contribution in [-0.2, 0) is 4.79 Å². The number of carbonyl (C=O) groups excluding carboxylic acids is 1. The van der Waals surface area contributed by atoms with Crippen LogP contribution >= 0.6 is 0 Å². The fraction of sp³-hybridized carbons (Fsp3) is 0.846. The van der Waals surface area contributed by atoms with E-state index in [9.17, 15) is 9.59 Å². The molecule has 0 aliphatic carbocycles. The van der Waals surface area contributed by atoms with Crippen molar-refractivity contribution in [3.63, 3.8) is 0 Å². The molecule has 0 aromatic rings. The topological polar surface area (TPSA) is 69.6 Å². The van der Waals surface area contributed by atoms with Gasteiger partial charge in [-0.25, -0.2) is 4.79 Å². The first-order valence-corrected chi connectivity index (χ1v) is 6.74. The van der Waals surface area contributed by atoms with Crippen molar-refractivity contribution in [3.8, 4) is 0 Å². The number of carboxylic acids is 1. The van der Waals surface area contributed by atoms with Gasteiger partial charge in [-0.15, -0.1) is 0 Å². The van der Waals surface area contributed by atoms with Gasteiger partial charge in [0, 0.05) is 19.1 Å². The molecule has 5 nitrogen and oxygen atoms in total. The number of rotatable bonds is 5. The van der Waals surface area contributed by atoms with Gasteiger partial charge in [0.1, 0.15) is 0 Å². The number of nitrogens with zero attached hydrogens (tertiary/aromatic N) is 1. The second kappa shape index (κ2) is 6.61. The number of hydrogen-bond donors (Lipinski definition) is 2. The number of carboxylic acid groups (broad SMARTS) is 1. The minimum Gasteiger partial charge on any atom is -0.481 e. The summed E-state index contributed by atoms with van der Waals surface area (Å²) in [5, 5.41) is 12.0. The minimum atomic E-state index is -0.808. The van der Waals surface area contributed by atoms with Crippen LogP contribution in [-0.4, -0.2) is 41.1 Å². The van der Waals surface area contributed by atoms with Gasteiger partial charge in [-0.3, -0.25) is 4.79 Å².